The van der Waals surface area contributed by atoms with E-state index in [2.05, 4.69) is 15.4 Å². The zero-order valence-electron chi connectivity index (χ0n) is 12.7. The molecule has 2 heterocycles. The van der Waals surface area contributed by atoms with Gasteiger partial charge in [-0.3, -0.25) is 9.78 Å². The van der Waals surface area contributed by atoms with E-state index < -0.39 is 0 Å². The minimum absolute atomic E-state index is 0.00788. The monoisotopic (exact) mass is 299 g/mol. The molecule has 0 unspecified atom stereocenters. The van der Waals surface area contributed by atoms with Crippen molar-refractivity contribution in [3.63, 3.8) is 0 Å². The summed E-state index contributed by atoms with van der Waals surface area (Å²) in [6.45, 7) is 2.45. The molecule has 2 aromatic rings. The molecule has 0 spiro atoms. The minimum atomic E-state index is 0.00788. The van der Waals surface area contributed by atoms with Gasteiger partial charge in [0.15, 0.2) is 0 Å². The molecule has 2 atom stereocenters. The largest absolute Gasteiger partial charge is 0.328 e. The Morgan fingerprint density at radius 3 is 3.00 bits per heavy atom. The first kappa shape index (κ1) is 14.7. The van der Waals surface area contributed by atoms with Gasteiger partial charge in [0.2, 0.25) is 5.91 Å². The quantitative estimate of drug-likeness (QED) is 0.899. The Morgan fingerprint density at radius 2 is 2.32 bits per heavy atom. The molecular weight excluding hydrogens is 278 g/mol. The van der Waals surface area contributed by atoms with E-state index in [4.69, 9.17) is 5.73 Å². The zero-order chi connectivity index (χ0) is 15.5. The van der Waals surface area contributed by atoms with Gasteiger partial charge in [-0.1, -0.05) is 6.07 Å². The molecule has 0 aliphatic heterocycles. The number of pyridine rings is 1. The van der Waals surface area contributed by atoms with E-state index in [1.807, 2.05) is 31.2 Å². The summed E-state index contributed by atoms with van der Waals surface area (Å²) in [6, 6.07) is 7.80. The van der Waals surface area contributed by atoms with Gasteiger partial charge in [-0.15, -0.1) is 0 Å². The second-order valence-electron chi connectivity index (χ2n) is 5.91. The first-order valence-corrected chi connectivity index (χ1v) is 7.62. The van der Waals surface area contributed by atoms with Gasteiger partial charge in [0.25, 0.3) is 0 Å². The first-order valence-electron chi connectivity index (χ1n) is 7.62. The lowest BCUT2D eigenvalue weighted by atomic mass is 10.1. The van der Waals surface area contributed by atoms with Crippen molar-refractivity contribution in [2.75, 3.05) is 5.32 Å². The number of rotatable bonds is 4. The molecule has 3 N–H and O–H groups in total. The Kier molecular flexibility index (Phi) is 4.20. The number of nitrogens with zero attached hydrogens (tertiary/aromatic N) is 3. The Morgan fingerprint density at radius 1 is 1.45 bits per heavy atom. The molecule has 6 heteroatoms. The van der Waals surface area contributed by atoms with Crippen LogP contribution in [0.5, 0.6) is 0 Å². The number of carbonyl (C=O) groups is 1. The van der Waals surface area contributed by atoms with Crippen LogP contribution in [-0.2, 0) is 11.3 Å². The lowest BCUT2D eigenvalue weighted by Crippen LogP contribution is -2.24. The SMILES string of the molecule is Cc1cc(NC(=O)[C@H]2CC[C@H](N)C2)n(Cc2ccccn2)n1. The summed E-state index contributed by atoms with van der Waals surface area (Å²) in [5.41, 5.74) is 7.66. The first-order chi connectivity index (χ1) is 10.6. The summed E-state index contributed by atoms with van der Waals surface area (Å²) in [5, 5.41) is 7.43. The number of carbonyl (C=O) groups excluding carboxylic acids is 1. The number of hydrogen-bond acceptors (Lipinski definition) is 4. The van der Waals surface area contributed by atoms with Crippen LogP contribution in [0.25, 0.3) is 0 Å². The highest BCUT2D eigenvalue weighted by atomic mass is 16.2. The van der Waals surface area contributed by atoms with E-state index in [1.165, 1.54) is 0 Å². The molecule has 0 aromatic carbocycles. The van der Waals surface area contributed by atoms with Gasteiger partial charge in [0, 0.05) is 24.2 Å². The smallest absolute Gasteiger partial charge is 0.228 e. The minimum Gasteiger partial charge on any atom is -0.328 e. The van der Waals surface area contributed by atoms with E-state index in [9.17, 15) is 4.79 Å². The van der Waals surface area contributed by atoms with Crippen molar-refractivity contribution >= 4 is 11.7 Å². The molecule has 116 valence electrons. The van der Waals surface area contributed by atoms with Crippen LogP contribution < -0.4 is 11.1 Å². The van der Waals surface area contributed by atoms with Crippen molar-refractivity contribution in [2.45, 2.75) is 38.8 Å². The van der Waals surface area contributed by atoms with Gasteiger partial charge in [-0.25, -0.2) is 4.68 Å². The van der Waals surface area contributed by atoms with E-state index >= 15 is 0 Å². The summed E-state index contributed by atoms with van der Waals surface area (Å²) in [6.07, 6.45) is 4.30. The Labute approximate surface area is 129 Å². The molecular formula is C16H21N5O. The Hall–Kier alpha value is -2.21. The molecule has 22 heavy (non-hydrogen) atoms. The predicted octanol–water partition coefficient (Wildman–Crippen LogP) is 1.70. The van der Waals surface area contributed by atoms with Gasteiger partial charge >= 0.3 is 0 Å². The van der Waals surface area contributed by atoms with Crippen molar-refractivity contribution in [3.8, 4) is 0 Å². The molecule has 1 aliphatic rings. The van der Waals surface area contributed by atoms with Crippen LogP contribution >= 0.6 is 0 Å². The summed E-state index contributed by atoms with van der Waals surface area (Å²) < 4.78 is 1.78. The van der Waals surface area contributed by atoms with Gasteiger partial charge in [0.1, 0.15) is 5.82 Å². The zero-order valence-corrected chi connectivity index (χ0v) is 12.7. The van der Waals surface area contributed by atoms with Crippen LogP contribution in [0.2, 0.25) is 0 Å². The predicted molar refractivity (Wildman–Crippen MR) is 84.2 cm³/mol. The Balaban J connectivity index is 1.72. The lowest BCUT2D eigenvalue weighted by molar-refractivity contribution is -0.119. The fourth-order valence-corrected chi connectivity index (χ4v) is 2.89. The van der Waals surface area contributed by atoms with Crippen molar-refractivity contribution < 1.29 is 4.79 Å². The average Bonchev–Trinajstić information content (AvgIpc) is 3.07. The molecule has 2 aromatic heterocycles. The van der Waals surface area contributed by atoms with E-state index in [0.29, 0.717) is 12.4 Å². The summed E-state index contributed by atoms with van der Waals surface area (Å²) in [5.74, 6) is 0.761. The molecule has 0 saturated heterocycles. The highest BCUT2D eigenvalue weighted by Gasteiger charge is 2.28. The van der Waals surface area contributed by atoms with Crippen LogP contribution in [-0.4, -0.2) is 26.7 Å². The van der Waals surface area contributed by atoms with Crippen molar-refractivity contribution in [2.24, 2.45) is 11.7 Å². The third-order valence-electron chi connectivity index (χ3n) is 4.04. The van der Waals surface area contributed by atoms with Crippen LogP contribution in [0.1, 0.15) is 30.7 Å². The second-order valence-corrected chi connectivity index (χ2v) is 5.91. The highest BCUT2D eigenvalue weighted by molar-refractivity contribution is 5.92. The molecule has 3 rings (SSSR count). The summed E-state index contributed by atoms with van der Waals surface area (Å²) >= 11 is 0. The van der Waals surface area contributed by atoms with Crippen LogP contribution in [0, 0.1) is 12.8 Å². The van der Waals surface area contributed by atoms with Gasteiger partial charge in [-0.2, -0.15) is 5.10 Å². The normalized spacial score (nSPS) is 21.0. The summed E-state index contributed by atoms with van der Waals surface area (Å²) in [4.78, 5) is 16.7. The maximum atomic E-state index is 12.4. The maximum Gasteiger partial charge on any atom is 0.228 e. The third kappa shape index (κ3) is 3.33. The topological polar surface area (TPSA) is 85.8 Å². The molecule has 0 bridgehead atoms. The number of aromatic nitrogens is 3. The van der Waals surface area contributed by atoms with Crippen molar-refractivity contribution in [1.82, 2.24) is 14.8 Å². The standard InChI is InChI=1S/C16H21N5O/c1-11-8-15(19-16(22)12-5-6-13(17)9-12)21(20-11)10-14-4-2-3-7-18-14/h2-4,7-8,12-13H,5-6,9-10,17H2,1H3,(H,19,22)/t12-,13-/m0/s1. The third-order valence-corrected chi connectivity index (χ3v) is 4.04. The maximum absolute atomic E-state index is 12.4. The van der Waals surface area contributed by atoms with Crippen molar-refractivity contribution in [1.29, 1.82) is 0 Å². The number of nitrogens with two attached hydrogens (primary N) is 1. The Bertz CT molecular complexity index is 652. The van der Waals surface area contributed by atoms with Gasteiger partial charge in [-0.05, 0) is 38.3 Å². The number of hydrogen-bond donors (Lipinski definition) is 2. The molecule has 1 aliphatic carbocycles. The lowest BCUT2D eigenvalue weighted by Gasteiger charge is -2.12. The van der Waals surface area contributed by atoms with Gasteiger partial charge < -0.3 is 11.1 Å². The van der Waals surface area contributed by atoms with E-state index in [1.54, 1.807) is 10.9 Å². The second kappa shape index (κ2) is 6.27. The van der Waals surface area contributed by atoms with Gasteiger partial charge in [0.05, 0.1) is 17.9 Å². The fraction of sp³-hybridized carbons (Fsp3) is 0.438. The molecule has 1 saturated carbocycles. The van der Waals surface area contributed by atoms with Crippen molar-refractivity contribution in [3.05, 3.63) is 41.9 Å². The van der Waals surface area contributed by atoms with Crippen LogP contribution in [0.3, 0.4) is 0 Å². The molecule has 1 fully saturated rings. The number of aryl methyl sites for hydroxylation is 1. The summed E-state index contributed by atoms with van der Waals surface area (Å²) in [7, 11) is 0. The van der Waals surface area contributed by atoms with E-state index in [0.717, 1.165) is 30.7 Å². The number of anilines is 1. The van der Waals surface area contributed by atoms with Crippen LogP contribution in [0.15, 0.2) is 30.5 Å². The highest BCUT2D eigenvalue weighted by Crippen LogP contribution is 2.25. The molecule has 0 radical (unpaired) electrons. The molecule has 6 nitrogen and oxygen atoms in total. The fourth-order valence-electron chi connectivity index (χ4n) is 2.89. The number of amides is 1. The molecule has 1 amide bonds. The number of nitrogens with one attached hydrogen (secondary N) is 1. The average molecular weight is 299 g/mol. The van der Waals surface area contributed by atoms with Crippen LogP contribution in [0.4, 0.5) is 5.82 Å². The van der Waals surface area contributed by atoms with E-state index in [-0.39, 0.29) is 17.9 Å².